The molecule has 1 aliphatic carbocycles. The Hall–Kier alpha value is -2.08. The van der Waals surface area contributed by atoms with Crippen molar-refractivity contribution in [2.45, 2.75) is 50.9 Å². The predicted molar refractivity (Wildman–Crippen MR) is 110 cm³/mol. The summed E-state index contributed by atoms with van der Waals surface area (Å²) in [6.07, 6.45) is 5.35. The normalized spacial score (nSPS) is 22.4. The molecule has 5 nitrogen and oxygen atoms in total. The monoisotopic (exact) mass is 384 g/mol. The van der Waals surface area contributed by atoms with Crippen LogP contribution < -0.4 is 5.32 Å². The van der Waals surface area contributed by atoms with Gasteiger partial charge in [-0.1, -0.05) is 74.9 Å². The van der Waals surface area contributed by atoms with Crippen molar-refractivity contribution in [2.24, 2.45) is 11.8 Å². The van der Waals surface area contributed by atoms with E-state index in [9.17, 15) is 4.79 Å². The highest BCUT2D eigenvalue weighted by Crippen LogP contribution is 2.30. The van der Waals surface area contributed by atoms with Crippen LogP contribution >= 0.6 is 11.8 Å². The second-order valence-corrected chi connectivity index (χ2v) is 8.24. The summed E-state index contributed by atoms with van der Waals surface area (Å²) in [4.78, 5) is 12.5. The van der Waals surface area contributed by atoms with Gasteiger partial charge in [0.25, 0.3) is 0 Å². The molecule has 1 aromatic carbocycles. The van der Waals surface area contributed by atoms with Crippen LogP contribution in [-0.4, -0.2) is 32.5 Å². The zero-order valence-corrected chi connectivity index (χ0v) is 16.9. The molecule has 1 aliphatic rings. The average Bonchev–Trinajstić information content (AvgIpc) is 3.07. The van der Waals surface area contributed by atoms with E-state index in [1.165, 1.54) is 24.6 Å². The van der Waals surface area contributed by atoms with E-state index < -0.39 is 0 Å². The van der Waals surface area contributed by atoms with Gasteiger partial charge >= 0.3 is 0 Å². The largest absolute Gasteiger partial charge is 0.352 e. The number of aromatic nitrogens is 3. The zero-order valence-electron chi connectivity index (χ0n) is 16.1. The van der Waals surface area contributed by atoms with Gasteiger partial charge in [-0.25, -0.2) is 0 Å². The molecule has 0 spiro atoms. The summed E-state index contributed by atoms with van der Waals surface area (Å²) in [5.41, 5.74) is 1.01. The first-order chi connectivity index (χ1) is 13.1. The number of rotatable bonds is 7. The second kappa shape index (κ2) is 9.22. The minimum absolute atomic E-state index is 0.0698. The third-order valence-corrected chi connectivity index (χ3v) is 6.41. The number of hydrogen-bond acceptors (Lipinski definition) is 4. The summed E-state index contributed by atoms with van der Waals surface area (Å²) < 4.78 is 2.01. The Morgan fingerprint density at radius 3 is 2.81 bits per heavy atom. The van der Waals surface area contributed by atoms with E-state index in [2.05, 4.69) is 35.9 Å². The first-order valence-corrected chi connectivity index (χ1v) is 10.6. The molecule has 1 amide bonds. The molecule has 0 bridgehead atoms. The van der Waals surface area contributed by atoms with Crippen molar-refractivity contribution in [2.75, 3.05) is 5.75 Å². The topological polar surface area (TPSA) is 59.8 Å². The summed E-state index contributed by atoms with van der Waals surface area (Å²) in [5.74, 6) is 2.41. The van der Waals surface area contributed by atoms with E-state index in [-0.39, 0.29) is 11.9 Å². The minimum Gasteiger partial charge on any atom is -0.352 e. The summed E-state index contributed by atoms with van der Waals surface area (Å²) in [5, 5.41) is 12.6. The van der Waals surface area contributed by atoms with Crippen LogP contribution in [0.2, 0.25) is 0 Å². The Bertz CT molecular complexity index is 774. The molecule has 144 valence electrons. The van der Waals surface area contributed by atoms with Crippen LogP contribution in [-0.2, 0) is 11.3 Å². The van der Waals surface area contributed by atoms with Gasteiger partial charge in [0.15, 0.2) is 11.0 Å². The number of thioether (sulfide) groups is 1. The Kier molecular flexibility index (Phi) is 6.72. The van der Waals surface area contributed by atoms with Crippen molar-refractivity contribution >= 4 is 17.7 Å². The number of hydrogen-bond donors (Lipinski definition) is 1. The molecule has 1 heterocycles. The first kappa shape index (κ1) is 19.7. The molecule has 0 unspecified atom stereocenters. The lowest BCUT2D eigenvalue weighted by Gasteiger charge is -2.34. The molecule has 3 rings (SSSR count). The molecule has 0 saturated heterocycles. The van der Waals surface area contributed by atoms with Crippen molar-refractivity contribution in [3.05, 3.63) is 43.0 Å². The molecule has 27 heavy (non-hydrogen) atoms. The lowest BCUT2D eigenvalue weighted by Crippen LogP contribution is -2.44. The molecule has 1 saturated carbocycles. The van der Waals surface area contributed by atoms with Gasteiger partial charge in [-0.05, 0) is 18.3 Å². The van der Waals surface area contributed by atoms with E-state index in [0.29, 0.717) is 24.1 Å². The van der Waals surface area contributed by atoms with Gasteiger partial charge in [0, 0.05) is 18.2 Å². The summed E-state index contributed by atoms with van der Waals surface area (Å²) in [6, 6.07) is 10.2. The summed E-state index contributed by atoms with van der Waals surface area (Å²) in [6.45, 7) is 8.97. The highest BCUT2D eigenvalue weighted by Gasteiger charge is 2.28. The quantitative estimate of drug-likeness (QED) is 0.575. The average molecular weight is 385 g/mol. The van der Waals surface area contributed by atoms with Gasteiger partial charge < -0.3 is 5.32 Å². The maximum absolute atomic E-state index is 12.5. The van der Waals surface area contributed by atoms with E-state index in [1.807, 2.05) is 41.0 Å². The lowest BCUT2D eigenvalue weighted by atomic mass is 9.78. The molecule has 3 atom stereocenters. The second-order valence-electron chi connectivity index (χ2n) is 7.30. The van der Waals surface area contributed by atoms with Gasteiger partial charge in [-0.15, -0.1) is 16.8 Å². The number of amides is 1. The fraction of sp³-hybridized carbons (Fsp3) is 0.476. The van der Waals surface area contributed by atoms with Gasteiger partial charge in [-0.2, -0.15) is 0 Å². The number of benzene rings is 1. The maximum atomic E-state index is 12.5. The highest BCUT2D eigenvalue weighted by atomic mass is 32.2. The van der Waals surface area contributed by atoms with Gasteiger partial charge in [0.2, 0.25) is 5.91 Å². The van der Waals surface area contributed by atoms with Crippen LogP contribution in [0.15, 0.2) is 48.1 Å². The smallest absolute Gasteiger partial charge is 0.230 e. The van der Waals surface area contributed by atoms with E-state index >= 15 is 0 Å². The molecule has 6 heteroatoms. The van der Waals surface area contributed by atoms with Crippen LogP contribution in [0.25, 0.3) is 11.4 Å². The van der Waals surface area contributed by atoms with Gasteiger partial charge in [0.1, 0.15) is 0 Å². The Morgan fingerprint density at radius 2 is 2.07 bits per heavy atom. The van der Waals surface area contributed by atoms with Crippen molar-refractivity contribution in [3.8, 4) is 11.4 Å². The van der Waals surface area contributed by atoms with Crippen molar-refractivity contribution in [1.29, 1.82) is 0 Å². The number of allylic oxidation sites excluding steroid dienone is 1. The highest BCUT2D eigenvalue weighted by molar-refractivity contribution is 7.99. The standard InChI is InChI=1S/C21H28N4OS/c1-4-13-25-20(17-10-6-5-7-11-17)23-24-21(25)27-14-19(26)22-18-12-8-9-15(2)16(18)3/h4-7,10-11,15-16,18H,1,8-9,12-14H2,2-3H3,(H,22,26)/t15-,16-,18+/m0/s1. The van der Waals surface area contributed by atoms with Crippen LogP contribution in [0.3, 0.4) is 0 Å². The molecule has 1 N–H and O–H groups in total. The molecule has 1 fully saturated rings. The number of carbonyl (C=O) groups excluding carboxylic acids is 1. The molecule has 1 aromatic heterocycles. The zero-order chi connectivity index (χ0) is 19.2. The molecule has 0 aliphatic heterocycles. The third-order valence-electron chi connectivity index (χ3n) is 5.45. The third kappa shape index (κ3) is 4.80. The van der Waals surface area contributed by atoms with E-state index in [1.54, 1.807) is 0 Å². The van der Waals surface area contributed by atoms with E-state index in [4.69, 9.17) is 0 Å². The van der Waals surface area contributed by atoms with Gasteiger partial charge in [-0.3, -0.25) is 9.36 Å². The predicted octanol–water partition coefficient (Wildman–Crippen LogP) is 4.16. The van der Waals surface area contributed by atoms with Crippen molar-refractivity contribution in [3.63, 3.8) is 0 Å². The fourth-order valence-corrected chi connectivity index (χ4v) is 4.41. The van der Waals surface area contributed by atoms with Crippen LogP contribution in [0, 0.1) is 11.8 Å². The van der Waals surface area contributed by atoms with Gasteiger partial charge in [0.05, 0.1) is 5.75 Å². The SMILES string of the molecule is C=CCn1c(SCC(=O)N[C@@H]2CCC[C@H](C)[C@@H]2C)nnc1-c1ccccc1. The van der Waals surface area contributed by atoms with Crippen LogP contribution in [0.1, 0.15) is 33.1 Å². The Balaban J connectivity index is 1.64. The maximum Gasteiger partial charge on any atom is 0.230 e. The molecular formula is C21H28N4OS. The van der Waals surface area contributed by atoms with Crippen molar-refractivity contribution < 1.29 is 4.79 Å². The number of nitrogens with zero attached hydrogens (tertiary/aromatic N) is 3. The number of nitrogens with one attached hydrogen (secondary N) is 1. The molecular weight excluding hydrogens is 356 g/mol. The summed E-state index contributed by atoms with van der Waals surface area (Å²) in [7, 11) is 0. The molecule has 0 radical (unpaired) electrons. The Labute approximate surface area is 165 Å². The fourth-order valence-electron chi connectivity index (χ4n) is 3.65. The van der Waals surface area contributed by atoms with E-state index in [0.717, 1.165) is 23.0 Å². The first-order valence-electron chi connectivity index (χ1n) is 9.61. The lowest BCUT2D eigenvalue weighted by molar-refractivity contribution is -0.120. The molecule has 2 aromatic rings. The summed E-state index contributed by atoms with van der Waals surface area (Å²) >= 11 is 1.43. The minimum atomic E-state index is 0.0698. The van der Waals surface area contributed by atoms with Crippen LogP contribution in [0.4, 0.5) is 0 Å². The van der Waals surface area contributed by atoms with Crippen molar-refractivity contribution in [1.82, 2.24) is 20.1 Å². The van der Waals surface area contributed by atoms with Crippen LogP contribution in [0.5, 0.6) is 0 Å². The number of carbonyl (C=O) groups is 1. The Morgan fingerprint density at radius 1 is 1.30 bits per heavy atom.